The molecule has 1 aliphatic heterocycles. The van der Waals surface area contributed by atoms with E-state index in [4.69, 9.17) is 10.5 Å². The zero-order chi connectivity index (χ0) is 11.9. The van der Waals surface area contributed by atoms with Crippen molar-refractivity contribution in [1.29, 1.82) is 0 Å². The summed E-state index contributed by atoms with van der Waals surface area (Å²) in [7, 11) is 0. The molecule has 3 N–H and O–H groups in total. The SMILES string of the molecule is NCC1(O)CC2(CCCC2)Oc2ccccc21. The van der Waals surface area contributed by atoms with Crippen molar-refractivity contribution in [2.24, 2.45) is 5.73 Å². The summed E-state index contributed by atoms with van der Waals surface area (Å²) < 4.78 is 6.16. The molecule has 1 aromatic carbocycles. The molecule has 3 rings (SSSR count). The van der Waals surface area contributed by atoms with Crippen LogP contribution in [0.5, 0.6) is 5.75 Å². The molecule has 1 aliphatic carbocycles. The maximum absolute atomic E-state index is 10.8. The molecule has 17 heavy (non-hydrogen) atoms. The molecule has 0 saturated heterocycles. The Bertz CT molecular complexity index is 426. The van der Waals surface area contributed by atoms with Crippen molar-refractivity contribution in [2.45, 2.75) is 43.3 Å². The quantitative estimate of drug-likeness (QED) is 0.779. The molecule has 2 aliphatic rings. The van der Waals surface area contributed by atoms with Gasteiger partial charge in [0.1, 0.15) is 17.0 Å². The molecule has 3 heteroatoms. The maximum atomic E-state index is 10.8. The molecular weight excluding hydrogens is 214 g/mol. The molecule has 0 amide bonds. The summed E-state index contributed by atoms with van der Waals surface area (Å²) in [5.41, 5.74) is 5.55. The van der Waals surface area contributed by atoms with Gasteiger partial charge in [-0.05, 0) is 31.7 Å². The standard InChI is InChI=1S/C14H19NO2/c15-10-14(16)9-13(7-3-4-8-13)17-12-6-2-1-5-11(12)14/h1-2,5-6,16H,3-4,7-10,15H2. The van der Waals surface area contributed by atoms with Gasteiger partial charge in [0.15, 0.2) is 0 Å². The average Bonchev–Trinajstić information content (AvgIpc) is 2.77. The minimum atomic E-state index is -0.917. The first-order valence-corrected chi connectivity index (χ1v) is 6.39. The Labute approximate surface area is 102 Å². The zero-order valence-corrected chi connectivity index (χ0v) is 9.98. The van der Waals surface area contributed by atoms with E-state index in [2.05, 4.69) is 0 Å². The molecule has 92 valence electrons. The number of hydrogen-bond donors (Lipinski definition) is 2. The van der Waals surface area contributed by atoms with Crippen LogP contribution in [0.4, 0.5) is 0 Å². The van der Waals surface area contributed by atoms with Gasteiger partial charge in [-0.1, -0.05) is 18.2 Å². The first kappa shape index (κ1) is 11.1. The third kappa shape index (κ3) is 1.65. The summed E-state index contributed by atoms with van der Waals surface area (Å²) in [6, 6.07) is 7.73. The van der Waals surface area contributed by atoms with Crippen LogP contribution in [-0.4, -0.2) is 17.3 Å². The lowest BCUT2D eigenvalue weighted by atomic mass is 9.78. The topological polar surface area (TPSA) is 55.5 Å². The monoisotopic (exact) mass is 233 g/mol. The van der Waals surface area contributed by atoms with Gasteiger partial charge < -0.3 is 15.6 Å². The largest absolute Gasteiger partial charge is 0.487 e. The molecule has 1 atom stereocenters. The van der Waals surface area contributed by atoms with E-state index in [0.29, 0.717) is 6.42 Å². The fraction of sp³-hybridized carbons (Fsp3) is 0.571. The molecule has 0 bridgehead atoms. The summed E-state index contributed by atoms with van der Waals surface area (Å²) in [5.74, 6) is 0.814. The van der Waals surface area contributed by atoms with Crippen molar-refractivity contribution in [3.63, 3.8) is 0 Å². The van der Waals surface area contributed by atoms with E-state index >= 15 is 0 Å². The Morgan fingerprint density at radius 2 is 1.94 bits per heavy atom. The van der Waals surface area contributed by atoms with Crippen molar-refractivity contribution >= 4 is 0 Å². The smallest absolute Gasteiger partial charge is 0.126 e. The van der Waals surface area contributed by atoms with Gasteiger partial charge in [-0.2, -0.15) is 0 Å². The number of para-hydroxylation sites is 1. The highest BCUT2D eigenvalue weighted by Crippen LogP contribution is 2.49. The van der Waals surface area contributed by atoms with Crippen LogP contribution in [0.3, 0.4) is 0 Å². The summed E-state index contributed by atoms with van der Waals surface area (Å²) in [6.45, 7) is 0.259. The van der Waals surface area contributed by atoms with Gasteiger partial charge >= 0.3 is 0 Å². The highest BCUT2D eigenvalue weighted by Gasteiger charge is 2.49. The van der Waals surface area contributed by atoms with E-state index in [1.807, 2.05) is 24.3 Å². The van der Waals surface area contributed by atoms with Crippen LogP contribution in [0.1, 0.15) is 37.7 Å². The predicted molar refractivity (Wildman–Crippen MR) is 65.8 cm³/mol. The van der Waals surface area contributed by atoms with E-state index in [-0.39, 0.29) is 12.1 Å². The number of ether oxygens (including phenoxy) is 1. The number of fused-ring (bicyclic) bond motifs is 1. The second-order valence-electron chi connectivity index (χ2n) is 5.40. The Morgan fingerprint density at radius 1 is 1.24 bits per heavy atom. The molecule has 1 saturated carbocycles. The van der Waals surface area contributed by atoms with Crippen LogP contribution in [-0.2, 0) is 5.60 Å². The van der Waals surface area contributed by atoms with Gasteiger partial charge in [0, 0.05) is 18.5 Å². The summed E-state index contributed by atoms with van der Waals surface area (Å²) in [6.07, 6.45) is 5.06. The van der Waals surface area contributed by atoms with Gasteiger partial charge in [-0.15, -0.1) is 0 Å². The zero-order valence-electron chi connectivity index (χ0n) is 9.98. The van der Waals surface area contributed by atoms with Crippen LogP contribution < -0.4 is 10.5 Å². The van der Waals surface area contributed by atoms with Crippen molar-refractivity contribution in [3.8, 4) is 5.75 Å². The number of hydrogen-bond acceptors (Lipinski definition) is 3. The Balaban J connectivity index is 2.06. The van der Waals surface area contributed by atoms with Crippen molar-refractivity contribution in [2.75, 3.05) is 6.54 Å². The van der Waals surface area contributed by atoms with Crippen LogP contribution in [0.15, 0.2) is 24.3 Å². The lowest BCUT2D eigenvalue weighted by Crippen LogP contribution is -2.49. The van der Waals surface area contributed by atoms with Crippen LogP contribution in [0.25, 0.3) is 0 Å². The van der Waals surface area contributed by atoms with Crippen LogP contribution >= 0.6 is 0 Å². The Kier molecular flexibility index (Phi) is 2.42. The molecule has 1 spiro atoms. The molecule has 3 nitrogen and oxygen atoms in total. The molecular formula is C14H19NO2. The van der Waals surface area contributed by atoms with Crippen molar-refractivity contribution in [3.05, 3.63) is 29.8 Å². The lowest BCUT2D eigenvalue weighted by Gasteiger charge is -2.44. The lowest BCUT2D eigenvalue weighted by molar-refractivity contribution is -0.0712. The molecule has 1 aromatic rings. The number of nitrogens with two attached hydrogens (primary N) is 1. The number of rotatable bonds is 1. The van der Waals surface area contributed by atoms with E-state index < -0.39 is 5.60 Å². The number of aliphatic hydroxyl groups is 1. The van der Waals surface area contributed by atoms with Gasteiger partial charge in [-0.25, -0.2) is 0 Å². The van der Waals surface area contributed by atoms with Gasteiger partial charge in [0.05, 0.1) is 0 Å². The minimum absolute atomic E-state index is 0.178. The molecule has 0 aromatic heterocycles. The third-order valence-corrected chi connectivity index (χ3v) is 4.18. The van der Waals surface area contributed by atoms with E-state index in [9.17, 15) is 5.11 Å². The Hall–Kier alpha value is -1.06. The highest BCUT2D eigenvalue weighted by molar-refractivity contribution is 5.41. The fourth-order valence-corrected chi connectivity index (χ4v) is 3.32. The van der Waals surface area contributed by atoms with Gasteiger partial charge in [0.25, 0.3) is 0 Å². The fourth-order valence-electron chi connectivity index (χ4n) is 3.32. The summed E-state index contributed by atoms with van der Waals surface area (Å²) in [5, 5.41) is 10.8. The normalized spacial score (nSPS) is 30.0. The molecule has 1 unspecified atom stereocenters. The number of benzene rings is 1. The molecule has 1 heterocycles. The maximum Gasteiger partial charge on any atom is 0.126 e. The summed E-state index contributed by atoms with van der Waals surface area (Å²) in [4.78, 5) is 0. The second-order valence-corrected chi connectivity index (χ2v) is 5.40. The van der Waals surface area contributed by atoms with E-state index in [0.717, 1.165) is 24.2 Å². The summed E-state index contributed by atoms with van der Waals surface area (Å²) >= 11 is 0. The first-order chi connectivity index (χ1) is 8.18. The second kappa shape index (κ2) is 3.72. The first-order valence-electron chi connectivity index (χ1n) is 6.39. The molecule has 0 radical (unpaired) electrons. The van der Waals surface area contributed by atoms with Crippen LogP contribution in [0, 0.1) is 0 Å². The van der Waals surface area contributed by atoms with Crippen LogP contribution in [0.2, 0.25) is 0 Å². The Morgan fingerprint density at radius 3 is 2.65 bits per heavy atom. The van der Waals surface area contributed by atoms with Crippen molar-refractivity contribution < 1.29 is 9.84 Å². The van der Waals surface area contributed by atoms with E-state index in [1.54, 1.807) is 0 Å². The predicted octanol–water partition coefficient (Wildman–Crippen LogP) is 1.93. The highest BCUT2D eigenvalue weighted by atomic mass is 16.5. The third-order valence-electron chi connectivity index (χ3n) is 4.18. The van der Waals surface area contributed by atoms with Crippen molar-refractivity contribution in [1.82, 2.24) is 0 Å². The minimum Gasteiger partial charge on any atom is -0.487 e. The van der Waals surface area contributed by atoms with Gasteiger partial charge in [-0.3, -0.25) is 0 Å². The van der Waals surface area contributed by atoms with E-state index in [1.165, 1.54) is 12.8 Å². The molecule has 1 fully saturated rings. The van der Waals surface area contributed by atoms with Gasteiger partial charge in [0.2, 0.25) is 0 Å². The average molecular weight is 233 g/mol.